The van der Waals surface area contributed by atoms with Crippen molar-refractivity contribution in [1.29, 1.82) is 5.26 Å². The van der Waals surface area contributed by atoms with Crippen LogP contribution in [0.4, 0.5) is 5.69 Å². The Labute approximate surface area is 97.7 Å². The van der Waals surface area contributed by atoms with Crippen molar-refractivity contribution in [1.82, 2.24) is 0 Å². The summed E-state index contributed by atoms with van der Waals surface area (Å²) >= 11 is 6.46. The SMILES string of the molecule is N#Cc1sc(-c2ccc(Br)s2)cc1N. The highest BCUT2D eigenvalue weighted by atomic mass is 79.9. The van der Waals surface area contributed by atoms with E-state index in [0.29, 0.717) is 10.6 Å². The number of nitrogens with zero attached hydrogens (tertiary/aromatic N) is 1. The highest BCUT2D eigenvalue weighted by Crippen LogP contribution is 2.37. The molecule has 2 aromatic rings. The number of nitrogen functional groups attached to an aromatic ring is 1. The number of halogens is 1. The summed E-state index contributed by atoms with van der Waals surface area (Å²) in [6.45, 7) is 0. The molecule has 0 radical (unpaired) electrons. The van der Waals surface area contributed by atoms with Crippen molar-refractivity contribution in [3.8, 4) is 15.8 Å². The standard InChI is InChI=1S/C9H5BrN2S2/c10-9-2-1-6(14-9)7-3-5(12)8(4-11)13-7/h1-3H,12H2. The highest BCUT2D eigenvalue weighted by molar-refractivity contribution is 9.11. The monoisotopic (exact) mass is 284 g/mol. The highest BCUT2D eigenvalue weighted by Gasteiger charge is 2.08. The summed E-state index contributed by atoms with van der Waals surface area (Å²) in [5, 5.41) is 8.76. The largest absolute Gasteiger partial charge is 0.397 e. The van der Waals surface area contributed by atoms with Crippen molar-refractivity contribution >= 4 is 44.3 Å². The average molecular weight is 285 g/mol. The molecule has 5 heteroatoms. The molecule has 0 bridgehead atoms. The van der Waals surface area contributed by atoms with Crippen LogP contribution in [-0.4, -0.2) is 0 Å². The summed E-state index contributed by atoms with van der Waals surface area (Å²) < 4.78 is 1.08. The molecule has 14 heavy (non-hydrogen) atoms. The molecule has 70 valence electrons. The number of thiophene rings is 2. The third-order valence-corrected chi connectivity index (χ3v) is 4.55. The normalized spacial score (nSPS) is 10.0. The van der Waals surface area contributed by atoms with Crippen LogP contribution in [0.15, 0.2) is 22.0 Å². The number of rotatable bonds is 1. The first-order valence-corrected chi connectivity index (χ1v) is 6.18. The lowest BCUT2D eigenvalue weighted by Gasteiger charge is -1.86. The number of nitrogens with two attached hydrogens (primary N) is 1. The first kappa shape index (κ1) is 9.71. The Balaban J connectivity index is 2.48. The topological polar surface area (TPSA) is 49.8 Å². The van der Waals surface area contributed by atoms with E-state index in [2.05, 4.69) is 22.0 Å². The Hall–Kier alpha value is -0.830. The molecule has 2 nitrogen and oxygen atoms in total. The van der Waals surface area contributed by atoms with E-state index in [-0.39, 0.29) is 0 Å². The van der Waals surface area contributed by atoms with Crippen LogP contribution in [-0.2, 0) is 0 Å². The number of hydrogen-bond donors (Lipinski definition) is 1. The molecule has 0 unspecified atom stereocenters. The van der Waals surface area contributed by atoms with Crippen LogP contribution >= 0.6 is 38.6 Å². The molecule has 0 amide bonds. The second-order valence-corrected chi connectivity index (χ2v) is 6.13. The van der Waals surface area contributed by atoms with Crippen LogP contribution in [0, 0.1) is 11.3 Å². The van der Waals surface area contributed by atoms with Crippen molar-refractivity contribution in [2.45, 2.75) is 0 Å². The Morgan fingerprint density at radius 1 is 1.29 bits per heavy atom. The zero-order valence-corrected chi connectivity index (χ0v) is 10.2. The summed E-state index contributed by atoms with van der Waals surface area (Å²) in [7, 11) is 0. The van der Waals surface area contributed by atoms with Gasteiger partial charge in [-0.3, -0.25) is 0 Å². The van der Waals surface area contributed by atoms with Gasteiger partial charge in [0.05, 0.1) is 9.47 Å². The van der Waals surface area contributed by atoms with Crippen molar-refractivity contribution in [3.05, 3.63) is 26.9 Å². The molecule has 0 saturated heterocycles. The molecule has 0 aromatic carbocycles. The number of anilines is 1. The predicted octanol–water partition coefficient (Wildman–Crippen LogP) is 3.69. The second kappa shape index (κ2) is 3.73. The first-order chi connectivity index (χ1) is 6.70. The molecule has 2 N–H and O–H groups in total. The molecule has 0 fully saturated rings. The predicted molar refractivity (Wildman–Crippen MR) is 64.5 cm³/mol. The lowest BCUT2D eigenvalue weighted by atomic mass is 10.3. The van der Waals surface area contributed by atoms with Gasteiger partial charge in [-0.15, -0.1) is 22.7 Å². The Morgan fingerprint density at radius 2 is 2.07 bits per heavy atom. The van der Waals surface area contributed by atoms with Crippen molar-refractivity contribution in [2.75, 3.05) is 5.73 Å². The van der Waals surface area contributed by atoms with Gasteiger partial charge in [-0.2, -0.15) is 5.26 Å². The van der Waals surface area contributed by atoms with Crippen molar-refractivity contribution < 1.29 is 0 Å². The van der Waals surface area contributed by atoms with Crippen LogP contribution in [0.5, 0.6) is 0 Å². The average Bonchev–Trinajstić information content (AvgIpc) is 2.71. The minimum absolute atomic E-state index is 0.567. The third-order valence-electron chi connectivity index (χ3n) is 1.68. The first-order valence-electron chi connectivity index (χ1n) is 3.76. The Morgan fingerprint density at radius 3 is 2.57 bits per heavy atom. The van der Waals surface area contributed by atoms with Gasteiger partial charge in [0, 0.05) is 9.75 Å². The van der Waals surface area contributed by atoms with Gasteiger partial charge in [-0.25, -0.2) is 0 Å². The molecule has 0 aliphatic carbocycles. The van der Waals surface area contributed by atoms with Crippen molar-refractivity contribution in [2.24, 2.45) is 0 Å². The van der Waals surface area contributed by atoms with Crippen LogP contribution in [0.25, 0.3) is 9.75 Å². The second-order valence-electron chi connectivity index (χ2n) is 2.61. The van der Waals surface area contributed by atoms with Crippen molar-refractivity contribution in [3.63, 3.8) is 0 Å². The molecule has 0 atom stereocenters. The van der Waals surface area contributed by atoms with Gasteiger partial charge in [0.2, 0.25) is 0 Å². The fourth-order valence-electron chi connectivity index (χ4n) is 1.06. The summed E-state index contributed by atoms with van der Waals surface area (Å²) in [5.41, 5.74) is 6.24. The molecule has 2 rings (SSSR count). The minimum Gasteiger partial charge on any atom is -0.397 e. The molecule has 0 saturated carbocycles. The molecule has 2 aromatic heterocycles. The maximum atomic E-state index is 8.76. The maximum Gasteiger partial charge on any atom is 0.128 e. The number of nitriles is 1. The van der Waals surface area contributed by atoms with E-state index in [1.807, 2.05) is 18.2 Å². The Bertz CT molecular complexity index is 507. The lowest BCUT2D eigenvalue weighted by Crippen LogP contribution is -1.81. The van der Waals surface area contributed by atoms with Gasteiger partial charge in [0.15, 0.2) is 0 Å². The van der Waals surface area contributed by atoms with Crippen LogP contribution < -0.4 is 5.73 Å². The van der Waals surface area contributed by atoms with Crippen LogP contribution in [0.1, 0.15) is 4.88 Å². The van der Waals surface area contributed by atoms with Gasteiger partial charge in [-0.1, -0.05) is 0 Å². The fourth-order valence-corrected chi connectivity index (χ4v) is 3.40. The van der Waals surface area contributed by atoms with E-state index in [0.717, 1.165) is 13.5 Å². The molecule has 0 aliphatic heterocycles. The smallest absolute Gasteiger partial charge is 0.128 e. The molecular formula is C9H5BrN2S2. The van der Waals surface area contributed by atoms with E-state index < -0.39 is 0 Å². The van der Waals surface area contributed by atoms with Gasteiger partial charge >= 0.3 is 0 Å². The van der Waals surface area contributed by atoms with E-state index in [1.54, 1.807) is 11.3 Å². The maximum absolute atomic E-state index is 8.76. The van der Waals surface area contributed by atoms with E-state index in [4.69, 9.17) is 11.0 Å². The molecule has 0 aliphatic rings. The zero-order valence-electron chi connectivity index (χ0n) is 6.95. The molecule has 0 spiro atoms. The lowest BCUT2D eigenvalue weighted by molar-refractivity contribution is 1.52. The van der Waals surface area contributed by atoms with E-state index >= 15 is 0 Å². The third kappa shape index (κ3) is 1.69. The van der Waals surface area contributed by atoms with Gasteiger partial charge < -0.3 is 5.73 Å². The Kier molecular flexibility index (Phi) is 2.59. The van der Waals surface area contributed by atoms with Gasteiger partial charge in [0.1, 0.15) is 10.9 Å². The number of hydrogen-bond acceptors (Lipinski definition) is 4. The zero-order chi connectivity index (χ0) is 10.1. The summed E-state index contributed by atoms with van der Waals surface area (Å²) in [6.07, 6.45) is 0. The summed E-state index contributed by atoms with van der Waals surface area (Å²) in [5.74, 6) is 0. The molecule has 2 heterocycles. The molecular weight excluding hydrogens is 280 g/mol. The van der Waals surface area contributed by atoms with Crippen LogP contribution in [0.2, 0.25) is 0 Å². The van der Waals surface area contributed by atoms with Gasteiger partial charge in [-0.05, 0) is 34.1 Å². The quantitative estimate of drug-likeness (QED) is 0.868. The van der Waals surface area contributed by atoms with E-state index in [1.165, 1.54) is 11.3 Å². The summed E-state index contributed by atoms with van der Waals surface area (Å²) in [4.78, 5) is 2.77. The summed E-state index contributed by atoms with van der Waals surface area (Å²) in [6, 6.07) is 7.93. The minimum atomic E-state index is 0.567. The van der Waals surface area contributed by atoms with Crippen LogP contribution in [0.3, 0.4) is 0 Å². The van der Waals surface area contributed by atoms with E-state index in [9.17, 15) is 0 Å². The fraction of sp³-hybridized carbons (Fsp3) is 0. The van der Waals surface area contributed by atoms with Gasteiger partial charge in [0.25, 0.3) is 0 Å².